The van der Waals surface area contributed by atoms with Crippen LogP contribution in [0.5, 0.6) is 5.75 Å². The minimum absolute atomic E-state index is 0.175. The van der Waals surface area contributed by atoms with Gasteiger partial charge in [-0.25, -0.2) is 0 Å². The summed E-state index contributed by atoms with van der Waals surface area (Å²) in [7, 11) is 0. The van der Waals surface area contributed by atoms with Gasteiger partial charge >= 0.3 is 0 Å². The van der Waals surface area contributed by atoms with Crippen molar-refractivity contribution in [3.8, 4) is 5.75 Å². The van der Waals surface area contributed by atoms with E-state index in [1.807, 2.05) is 12.1 Å². The number of hydrogen-bond acceptors (Lipinski definition) is 3. The molecule has 0 aliphatic carbocycles. The van der Waals surface area contributed by atoms with Crippen molar-refractivity contribution in [3.05, 3.63) is 29.8 Å². The molecule has 3 N–H and O–H groups in total. The van der Waals surface area contributed by atoms with Gasteiger partial charge in [0.1, 0.15) is 5.75 Å². The number of aromatic hydroxyl groups is 1. The van der Waals surface area contributed by atoms with Crippen LogP contribution in [0.15, 0.2) is 24.3 Å². The molecule has 2 rings (SSSR count). The van der Waals surface area contributed by atoms with E-state index < -0.39 is 0 Å². The van der Waals surface area contributed by atoms with Crippen molar-refractivity contribution in [1.29, 1.82) is 0 Å². The minimum atomic E-state index is 0.175. The largest absolute Gasteiger partial charge is 0.508 e. The highest BCUT2D eigenvalue weighted by Gasteiger charge is 2.37. The first-order valence-electron chi connectivity index (χ1n) is 7.06. The first-order chi connectivity index (χ1) is 8.76. The Hall–Kier alpha value is -1.06. The maximum absolute atomic E-state index is 9.28. The SMILES string of the molecule is CC1(C)CC(NCc2ccc(O)cc2)CC(C)(C)N1. The maximum atomic E-state index is 9.28. The van der Waals surface area contributed by atoms with Gasteiger partial charge in [-0.2, -0.15) is 0 Å². The predicted octanol–water partition coefficient (Wildman–Crippen LogP) is 2.79. The first kappa shape index (κ1) is 14.4. The Morgan fingerprint density at radius 2 is 1.63 bits per heavy atom. The third kappa shape index (κ3) is 4.22. The van der Waals surface area contributed by atoms with Gasteiger partial charge in [-0.3, -0.25) is 0 Å². The van der Waals surface area contributed by atoms with E-state index in [9.17, 15) is 5.11 Å². The lowest BCUT2D eigenvalue weighted by molar-refractivity contribution is 0.145. The predicted molar refractivity (Wildman–Crippen MR) is 79.3 cm³/mol. The van der Waals surface area contributed by atoms with E-state index >= 15 is 0 Å². The number of phenols is 1. The third-order valence-electron chi connectivity index (χ3n) is 3.72. The molecule has 106 valence electrons. The number of nitrogens with one attached hydrogen (secondary N) is 2. The summed E-state index contributed by atoms with van der Waals surface area (Å²) in [6, 6.07) is 7.96. The molecule has 0 spiro atoms. The zero-order chi connectivity index (χ0) is 14.1. The fraction of sp³-hybridized carbons (Fsp3) is 0.625. The van der Waals surface area contributed by atoms with Gasteiger partial charge in [0.25, 0.3) is 0 Å². The van der Waals surface area contributed by atoms with Crippen molar-refractivity contribution in [2.45, 2.75) is 64.2 Å². The zero-order valence-electron chi connectivity index (χ0n) is 12.5. The van der Waals surface area contributed by atoms with E-state index in [0.717, 1.165) is 19.4 Å². The van der Waals surface area contributed by atoms with E-state index in [4.69, 9.17) is 0 Å². The van der Waals surface area contributed by atoms with Gasteiger partial charge in [-0.15, -0.1) is 0 Å². The van der Waals surface area contributed by atoms with Crippen molar-refractivity contribution in [2.75, 3.05) is 0 Å². The fourth-order valence-electron chi connectivity index (χ4n) is 3.34. The molecule has 19 heavy (non-hydrogen) atoms. The Bertz CT molecular complexity index is 407. The number of phenolic OH excluding ortho intramolecular Hbond substituents is 1. The molecule has 3 nitrogen and oxygen atoms in total. The van der Waals surface area contributed by atoms with Crippen LogP contribution in [-0.4, -0.2) is 22.2 Å². The van der Waals surface area contributed by atoms with E-state index in [1.54, 1.807) is 12.1 Å². The monoisotopic (exact) mass is 262 g/mol. The molecule has 0 amide bonds. The number of benzene rings is 1. The highest BCUT2D eigenvalue weighted by Crippen LogP contribution is 2.28. The summed E-state index contributed by atoms with van der Waals surface area (Å²) < 4.78 is 0. The van der Waals surface area contributed by atoms with E-state index in [0.29, 0.717) is 11.8 Å². The lowest BCUT2D eigenvalue weighted by atomic mass is 9.79. The smallest absolute Gasteiger partial charge is 0.115 e. The Kier molecular flexibility index (Phi) is 3.88. The van der Waals surface area contributed by atoms with E-state index in [1.165, 1.54) is 5.56 Å². The van der Waals surface area contributed by atoms with Crippen LogP contribution < -0.4 is 10.6 Å². The Morgan fingerprint density at radius 3 is 2.16 bits per heavy atom. The summed E-state index contributed by atoms with van der Waals surface area (Å²) in [6.07, 6.45) is 2.27. The molecule has 1 saturated heterocycles. The molecule has 1 aliphatic heterocycles. The van der Waals surface area contributed by atoms with Gasteiger partial charge in [-0.05, 0) is 58.2 Å². The molecule has 0 bridgehead atoms. The van der Waals surface area contributed by atoms with E-state index in [2.05, 4.69) is 38.3 Å². The Morgan fingerprint density at radius 1 is 1.11 bits per heavy atom. The molecule has 1 aromatic rings. The van der Waals surface area contributed by atoms with Crippen LogP contribution in [0.3, 0.4) is 0 Å². The third-order valence-corrected chi connectivity index (χ3v) is 3.72. The Labute approximate surface area is 116 Å². The molecule has 1 aliphatic rings. The lowest BCUT2D eigenvalue weighted by Crippen LogP contribution is -2.61. The van der Waals surface area contributed by atoms with Crippen molar-refractivity contribution >= 4 is 0 Å². The molecule has 3 heteroatoms. The van der Waals surface area contributed by atoms with Crippen LogP contribution in [0, 0.1) is 0 Å². The summed E-state index contributed by atoms with van der Waals surface area (Å²) in [5.41, 5.74) is 1.56. The summed E-state index contributed by atoms with van der Waals surface area (Å²) >= 11 is 0. The van der Waals surface area contributed by atoms with E-state index in [-0.39, 0.29) is 11.1 Å². The maximum Gasteiger partial charge on any atom is 0.115 e. The highest BCUT2D eigenvalue weighted by atomic mass is 16.3. The fourth-order valence-corrected chi connectivity index (χ4v) is 3.34. The second-order valence-corrected chi connectivity index (χ2v) is 7.05. The van der Waals surface area contributed by atoms with Gasteiger partial charge in [0.15, 0.2) is 0 Å². The topological polar surface area (TPSA) is 44.3 Å². The van der Waals surface area contributed by atoms with Crippen LogP contribution in [0.2, 0.25) is 0 Å². The van der Waals surface area contributed by atoms with Gasteiger partial charge in [0.2, 0.25) is 0 Å². The highest BCUT2D eigenvalue weighted by molar-refractivity contribution is 5.25. The quantitative estimate of drug-likeness (QED) is 0.785. The second-order valence-electron chi connectivity index (χ2n) is 7.05. The van der Waals surface area contributed by atoms with Crippen molar-refractivity contribution < 1.29 is 5.11 Å². The van der Waals surface area contributed by atoms with Crippen LogP contribution in [0.1, 0.15) is 46.1 Å². The molecular formula is C16H26N2O. The number of piperidine rings is 1. The molecule has 0 radical (unpaired) electrons. The standard InChI is InChI=1S/C16H26N2O/c1-15(2)9-13(10-16(3,4)18-15)17-11-12-5-7-14(19)8-6-12/h5-8,13,17-19H,9-11H2,1-4H3. The second kappa shape index (κ2) is 5.14. The molecule has 0 unspecified atom stereocenters. The average Bonchev–Trinajstić information content (AvgIpc) is 2.24. The first-order valence-corrected chi connectivity index (χ1v) is 7.06. The summed E-state index contributed by atoms with van der Waals surface area (Å²) in [5.74, 6) is 0.327. The van der Waals surface area contributed by atoms with Gasteiger partial charge < -0.3 is 15.7 Å². The van der Waals surface area contributed by atoms with Crippen molar-refractivity contribution in [2.24, 2.45) is 0 Å². The number of rotatable bonds is 3. The summed E-state index contributed by atoms with van der Waals surface area (Å²) in [6.45, 7) is 9.93. The number of hydrogen-bond donors (Lipinski definition) is 3. The summed E-state index contributed by atoms with van der Waals surface area (Å²) in [4.78, 5) is 0. The van der Waals surface area contributed by atoms with Crippen LogP contribution in [0.4, 0.5) is 0 Å². The zero-order valence-corrected chi connectivity index (χ0v) is 12.5. The molecule has 0 saturated carbocycles. The Balaban J connectivity index is 1.93. The van der Waals surface area contributed by atoms with Gasteiger partial charge in [-0.1, -0.05) is 12.1 Å². The van der Waals surface area contributed by atoms with Gasteiger partial charge in [0.05, 0.1) is 0 Å². The van der Waals surface area contributed by atoms with Crippen molar-refractivity contribution in [1.82, 2.24) is 10.6 Å². The molecule has 1 heterocycles. The molecule has 0 aromatic heterocycles. The molecule has 1 fully saturated rings. The lowest BCUT2D eigenvalue weighted by Gasteiger charge is -2.46. The molecular weight excluding hydrogens is 236 g/mol. The molecule has 1 aromatic carbocycles. The van der Waals surface area contributed by atoms with Crippen molar-refractivity contribution in [3.63, 3.8) is 0 Å². The molecule has 0 atom stereocenters. The summed E-state index contributed by atoms with van der Waals surface area (Å²) in [5, 5.41) is 16.6. The minimum Gasteiger partial charge on any atom is -0.508 e. The van der Waals surface area contributed by atoms with Crippen LogP contribution in [0.25, 0.3) is 0 Å². The normalized spacial score (nSPS) is 22.3. The van der Waals surface area contributed by atoms with Crippen LogP contribution in [-0.2, 0) is 6.54 Å². The van der Waals surface area contributed by atoms with Gasteiger partial charge in [0, 0.05) is 23.7 Å². The average molecular weight is 262 g/mol. The van der Waals surface area contributed by atoms with Crippen LogP contribution >= 0.6 is 0 Å².